The average molecular weight is 550 g/mol. The Kier molecular flexibility index (Phi) is 8.14. The Hall–Kier alpha value is -4.06. The molecule has 2 aliphatic rings. The van der Waals surface area contributed by atoms with Crippen LogP contribution in [-0.4, -0.2) is 91.8 Å². The molecule has 3 heterocycles. The molecule has 2 aliphatic heterocycles. The van der Waals surface area contributed by atoms with E-state index in [1.165, 1.54) is 31.4 Å². The highest BCUT2D eigenvalue weighted by atomic mass is 16.7. The first kappa shape index (κ1) is 28.0. The number of nitrogens with one attached hydrogen (secondary N) is 2. The van der Waals surface area contributed by atoms with Gasteiger partial charge in [0.1, 0.15) is 36.3 Å². The van der Waals surface area contributed by atoms with Gasteiger partial charge in [0.25, 0.3) is 11.5 Å². The summed E-state index contributed by atoms with van der Waals surface area (Å²) in [5.41, 5.74) is 4.09. The van der Waals surface area contributed by atoms with Crippen molar-refractivity contribution in [3.8, 4) is 5.75 Å². The summed E-state index contributed by atoms with van der Waals surface area (Å²) < 4.78 is 22.8. The number of carbonyl (C=O) groups excluding carboxylic acids is 2. The van der Waals surface area contributed by atoms with E-state index in [4.69, 9.17) is 24.7 Å². The summed E-state index contributed by atoms with van der Waals surface area (Å²) in [5, 5.41) is 43.5. The van der Waals surface area contributed by atoms with Gasteiger partial charge >= 0.3 is 5.69 Å². The van der Waals surface area contributed by atoms with Gasteiger partial charge in [0.05, 0.1) is 0 Å². The fourth-order valence-electron chi connectivity index (χ4n) is 4.16. The SMILES string of the molecule is CO[C@H]1[C@@H](O)[C@H](n2ccc(=O)[nH]c2=O)O[C@@H]1C(O[C@H]1OC(C(=O)Nc2cccc(O)c2)=C[C@H](O)[C@@H]1O)C(N)=O. The zero-order valence-corrected chi connectivity index (χ0v) is 20.2. The van der Waals surface area contributed by atoms with Crippen molar-refractivity contribution >= 4 is 17.5 Å². The van der Waals surface area contributed by atoms with Crippen molar-refractivity contribution in [2.45, 2.75) is 49.1 Å². The van der Waals surface area contributed by atoms with E-state index in [0.717, 1.165) is 22.9 Å². The summed E-state index contributed by atoms with van der Waals surface area (Å²) in [5.74, 6) is -2.65. The van der Waals surface area contributed by atoms with Gasteiger partial charge in [-0.1, -0.05) is 6.07 Å². The van der Waals surface area contributed by atoms with Crippen LogP contribution < -0.4 is 22.3 Å². The number of hydrogen-bond donors (Lipinski definition) is 7. The van der Waals surface area contributed by atoms with Crippen molar-refractivity contribution in [1.82, 2.24) is 9.55 Å². The number of rotatable bonds is 8. The highest BCUT2D eigenvalue weighted by Gasteiger charge is 2.52. The number of aliphatic hydroxyl groups is 3. The molecule has 16 heteroatoms. The van der Waals surface area contributed by atoms with Crippen molar-refractivity contribution in [3.05, 3.63) is 69.2 Å². The van der Waals surface area contributed by atoms with Gasteiger partial charge in [-0.15, -0.1) is 0 Å². The molecule has 0 spiro atoms. The largest absolute Gasteiger partial charge is 0.508 e. The van der Waals surface area contributed by atoms with Gasteiger partial charge in [0.2, 0.25) is 12.2 Å². The van der Waals surface area contributed by atoms with Gasteiger partial charge < -0.3 is 50.4 Å². The number of primary amides is 1. The van der Waals surface area contributed by atoms with Gasteiger partial charge in [-0.2, -0.15) is 0 Å². The first-order valence-corrected chi connectivity index (χ1v) is 11.5. The second kappa shape index (κ2) is 11.4. The minimum absolute atomic E-state index is 0.124. The van der Waals surface area contributed by atoms with Crippen molar-refractivity contribution < 1.29 is 49.0 Å². The number of aromatic amines is 1. The predicted octanol–water partition coefficient (Wildman–Crippen LogP) is -3.01. The lowest BCUT2D eigenvalue weighted by Crippen LogP contribution is -2.53. The number of aromatic nitrogens is 2. The Morgan fingerprint density at radius 3 is 2.56 bits per heavy atom. The molecule has 8 N–H and O–H groups in total. The van der Waals surface area contributed by atoms with E-state index >= 15 is 0 Å². The Morgan fingerprint density at radius 1 is 1.18 bits per heavy atom. The number of aromatic hydroxyl groups is 1. The van der Waals surface area contributed by atoms with Gasteiger partial charge in [-0.25, -0.2) is 4.79 Å². The molecule has 0 saturated carbocycles. The Labute approximate surface area is 218 Å². The van der Waals surface area contributed by atoms with Crippen LogP contribution in [-0.2, 0) is 28.5 Å². The summed E-state index contributed by atoms with van der Waals surface area (Å²) in [6.07, 6.45) is -10.9. The molecule has 0 radical (unpaired) electrons. The molecule has 4 rings (SSSR count). The Morgan fingerprint density at radius 2 is 1.92 bits per heavy atom. The molecule has 2 aromatic rings. The van der Waals surface area contributed by atoms with Crippen LogP contribution in [0.2, 0.25) is 0 Å². The van der Waals surface area contributed by atoms with Crippen LogP contribution in [0.1, 0.15) is 6.23 Å². The molecular weight excluding hydrogens is 524 g/mol. The summed E-state index contributed by atoms with van der Waals surface area (Å²) in [6, 6.07) is 6.59. The molecule has 16 nitrogen and oxygen atoms in total. The molecule has 1 aromatic heterocycles. The van der Waals surface area contributed by atoms with Crippen LogP contribution in [0.3, 0.4) is 0 Å². The third-order valence-corrected chi connectivity index (χ3v) is 6.03. The molecule has 210 valence electrons. The van der Waals surface area contributed by atoms with E-state index in [1.54, 1.807) is 0 Å². The number of hydrogen-bond acceptors (Lipinski definition) is 12. The van der Waals surface area contributed by atoms with Gasteiger partial charge in [-0.3, -0.25) is 23.9 Å². The number of H-pyrrole nitrogens is 1. The van der Waals surface area contributed by atoms with Crippen LogP contribution in [0.4, 0.5) is 5.69 Å². The Balaban J connectivity index is 1.55. The number of benzene rings is 1. The molecule has 1 aromatic carbocycles. The zero-order chi connectivity index (χ0) is 28.4. The second-order valence-electron chi connectivity index (χ2n) is 8.66. The maximum absolute atomic E-state index is 12.7. The Bertz CT molecular complexity index is 1370. The standard InChI is InChI=1S/C23H26N4O12/c1-36-16-15(32)21(27-6-5-13(30)26-23(27)35)38-17(16)18(19(24)33)39-22-14(31)11(29)8-12(37-22)20(34)25-9-3-2-4-10(28)7-9/h2-8,11,14-18,21-22,28-29,31-32H,1H3,(H2,24,33)(H,25,34)(H,26,30,35)/t11-,14-,15+,16-,17-,18?,21+,22+/m0/s1. The van der Waals surface area contributed by atoms with E-state index < -0.39 is 78.0 Å². The highest BCUT2D eigenvalue weighted by Crippen LogP contribution is 2.34. The summed E-state index contributed by atoms with van der Waals surface area (Å²) in [6.45, 7) is 0. The fourth-order valence-corrected chi connectivity index (χ4v) is 4.16. The minimum atomic E-state index is -1.83. The van der Waals surface area contributed by atoms with Crippen molar-refractivity contribution in [2.24, 2.45) is 5.73 Å². The first-order chi connectivity index (χ1) is 18.5. The van der Waals surface area contributed by atoms with Crippen LogP contribution in [0.15, 0.2) is 58.0 Å². The maximum Gasteiger partial charge on any atom is 0.330 e. The third-order valence-electron chi connectivity index (χ3n) is 6.03. The van der Waals surface area contributed by atoms with Crippen LogP contribution >= 0.6 is 0 Å². The first-order valence-electron chi connectivity index (χ1n) is 11.5. The molecule has 8 atom stereocenters. The van der Waals surface area contributed by atoms with Gasteiger partial charge in [0, 0.05) is 31.1 Å². The average Bonchev–Trinajstić information content (AvgIpc) is 3.19. The van der Waals surface area contributed by atoms with E-state index in [0.29, 0.717) is 0 Å². The number of nitrogens with two attached hydrogens (primary N) is 1. The highest BCUT2D eigenvalue weighted by molar-refractivity contribution is 6.02. The number of phenolic OH excluding ortho intramolecular Hbond substituents is 1. The number of nitrogens with zero attached hydrogens (tertiary/aromatic N) is 1. The van der Waals surface area contributed by atoms with Crippen molar-refractivity contribution in [2.75, 3.05) is 12.4 Å². The molecular formula is C23H26N4O12. The number of carbonyl (C=O) groups is 2. The van der Waals surface area contributed by atoms with E-state index in [9.17, 15) is 39.6 Å². The lowest BCUT2D eigenvalue weighted by atomic mass is 10.0. The molecule has 0 bridgehead atoms. The second-order valence-corrected chi connectivity index (χ2v) is 8.66. The molecule has 2 amide bonds. The molecule has 1 fully saturated rings. The van der Waals surface area contributed by atoms with Gasteiger partial charge in [0.15, 0.2) is 18.1 Å². The smallest absolute Gasteiger partial charge is 0.330 e. The number of phenols is 1. The quantitative estimate of drug-likeness (QED) is 0.174. The monoisotopic (exact) mass is 550 g/mol. The fraction of sp³-hybridized carbons (Fsp3) is 0.391. The van der Waals surface area contributed by atoms with Crippen LogP contribution in [0, 0.1) is 0 Å². The lowest BCUT2D eigenvalue weighted by Gasteiger charge is -2.35. The molecule has 0 aliphatic carbocycles. The van der Waals surface area contributed by atoms with E-state index in [-0.39, 0.29) is 11.4 Å². The minimum Gasteiger partial charge on any atom is -0.508 e. The summed E-state index contributed by atoms with van der Waals surface area (Å²) >= 11 is 0. The summed E-state index contributed by atoms with van der Waals surface area (Å²) in [7, 11) is 1.18. The number of amides is 2. The van der Waals surface area contributed by atoms with Gasteiger partial charge in [-0.05, 0) is 18.2 Å². The number of aliphatic hydroxyl groups excluding tert-OH is 3. The number of ether oxygens (including phenoxy) is 4. The maximum atomic E-state index is 12.7. The van der Waals surface area contributed by atoms with Crippen molar-refractivity contribution in [3.63, 3.8) is 0 Å². The molecule has 1 unspecified atom stereocenters. The van der Waals surface area contributed by atoms with Crippen LogP contribution in [0.5, 0.6) is 5.75 Å². The molecule has 39 heavy (non-hydrogen) atoms. The predicted molar refractivity (Wildman–Crippen MR) is 128 cm³/mol. The van der Waals surface area contributed by atoms with Crippen LogP contribution in [0.25, 0.3) is 0 Å². The third kappa shape index (κ3) is 5.85. The van der Waals surface area contributed by atoms with E-state index in [1.807, 2.05) is 4.98 Å². The van der Waals surface area contributed by atoms with Crippen molar-refractivity contribution in [1.29, 1.82) is 0 Å². The number of methoxy groups -OCH3 is 1. The normalized spacial score (nSPS) is 29.2. The molecule has 1 saturated heterocycles. The number of anilines is 1. The summed E-state index contributed by atoms with van der Waals surface area (Å²) in [4.78, 5) is 50.7. The topological polar surface area (TPSA) is 245 Å². The lowest BCUT2D eigenvalue weighted by molar-refractivity contribution is -0.241. The van der Waals surface area contributed by atoms with E-state index in [2.05, 4.69) is 5.32 Å². The zero-order valence-electron chi connectivity index (χ0n) is 20.2.